The number of aryl methyl sites for hydroxylation is 1. The summed E-state index contributed by atoms with van der Waals surface area (Å²) in [6, 6.07) is 5.46. The molecule has 0 fully saturated rings. The van der Waals surface area contributed by atoms with Gasteiger partial charge in [0.25, 0.3) is 0 Å². The first-order chi connectivity index (χ1) is 5.36. The normalized spacial score (nSPS) is 9.09. The Morgan fingerprint density at radius 2 is 2.27 bits per heavy atom. The molecule has 3 nitrogen and oxygen atoms in total. The van der Waals surface area contributed by atoms with Crippen LogP contribution in [0.15, 0.2) is 12.1 Å². The van der Waals surface area contributed by atoms with Gasteiger partial charge in [0.05, 0.1) is 5.69 Å². The number of hydrogen-bond donors (Lipinski definition) is 0. The molecule has 0 aliphatic rings. The van der Waals surface area contributed by atoms with Gasteiger partial charge in [0.1, 0.15) is 6.07 Å². The Hall–Kier alpha value is -1.43. The Morgan fingerprint density at radius 3 is 2.73 bits per heavy atom. The van der Waals surface area contributed by atoms with E-state index in [4.69, 9.17) is 5.26 Å². The number of rotatable bonds is 2. The van der Waals surface area contributed by atoms with Gasteiger partial charge in [-0.05, 0) is 18.6 Å². The number of nitrogens with zero attached hydrogens (tertiary/aromatic N) is 3. The Morgan fingerprint density at radius 1 is 1.45 bits per heavy atom. The highest BCUT2D eigenvalue weighted by atomic mass is 15.1. The lowest BCUT2D eigenvalue weighted by molar-refractivity contribution is 0.834. The molecule has 1 rings (SSSR count). The second-order valence-electron chi connectivity index (χ2n) is 2.27. The van der Waals surface area contributed by atoms with Gasteiger partial charge in [0.2, 0.25) is 0 Å². The molecular weight excluding hydrogens is 138 g/mol. The van der Waals surface area contributed by atoms with Gasteiger partial charge in [-0.2, -0.15) is 10.4 Å². The van der Waals surface area contributed by atoms with E-state index in [-0.39, 0.29) is 0 Å². The van der Waals surface area contributed by atoms with Crippen LogP contribution >= 0.6 is 0 Å². The van der Waals surface area contributed by atoms with Crippen molar-refractivity contribution in [2.24, 2.45) is 0 Å². The molecule has 0 atom stereocenters. The smallest absolute Gasteiger partial charge is 0.163 e. The van der Waals surface area contributed by atoms with Gasteiger partial charge >= 0.3 is 0 Å². The Labute approximate surface area is 65.7 Å². The standard InChI is InChI=1S/C8H9N3/c1-2-3-7-4-5-8(6-9)11-10-7/h4-5H,2-3H2,1H3. The predicted molar refractivity (Wildman–Crippen MR) is 40.7 cm³/mol. The molecular formula is C8H9N3. The van der Waals surface area contributed by atoms with Crippen molar-refractivity contribution < 1.29 is 0 Å². The highest BCUT2D eigenvalue weighted by Crippen LogP contribution is 1.97. The summed E-state index contributed by atoms with van der Waals surface area (Å²) in [6.45, 7) is 2.08. The van der Waals surface area contributed by atoms with Gasteiger partial charge in [-0.1, -0.05) is 13.3 Å². The third kappa shape index (κ3) is 2.01. The summed E-state index contributed by atoms with van der Waals surface area (Å²) in [5, 5.41) is 16.0. The summed E-state index contributed by atoms with van der Waals surface area (Å²) in [5.41, 5.74) is 1.33. The third-order valence-corrected chi connectivity index (χ3v) is 1.34. The summed E-state index contributed by atoms with van der Waals surface area (Å²) in [5.74, 6) is 0. The minimum Gasteiger partial charge on any atom is -0.191 e. The lowest BCUT2D eigenvalue weighted by atomic mass is 10.2. The summed E-state index contributed by atoms with van der Waals surface area (Å²) in [6.07, 6.45) is 1.99. The van der Waals surface area contributed by atoms with Gasteiger partial charge in [0, 0.05) is 0 Å². The number of aromatic nitrogens is 2. The molecule has 11 heavy (non-hydrogen) atoms. The van der Waals surface area contributed by atoms with E-state index in [0.717, 1.165) is 18.5 Å². The van der Waals surface area contributed by atoms with Crippen LogP contribution < -0.4 is 0 Å². The van der Waals surface area contributed by atoms with E-state index in [0.29, 0.717) is 5.69 Å². The molecule has 56 valence electrons. The van der Waals surface area contributed by atoms with Crippen LogP contribution in [-0.4, -0.2) is 10.2 Å². The molecule has 0 N–H and O–H groups in total. The minimum atomic E-state index is 0.379. The fraction of sp³-hybridized carbons (Fsp3) is 0.375. The van der Waals surface area contributed by atoms with Crippen molar-refractivity contribution in [1.82, 2.24) is 10.2 Å². The maximum Gasteiger partial charge on any atom is 0.163 e. The molecule has 1 aromatic rings. The summed E-state index contributed by atoms with van der Waals surface area (Å²) >= 11 is 0. The molecule has 0 aromatic carbocycles. The Kier molecular flexibility index (Phi) is 2.56. The maximum atomic E-state index is 8.41. The first-order valence-corrected chi connectivity index (χ1v) is 3.59. The topological polar surface area (TPSA) is 49.6 Å². The molecule has 0 amide bonds. The van der Waals surface area contributed by atoms with Gasteiger partial charge in [-0.25, -0.2) is 0 Å². The second-order valence-corrected chi connectivity index (χ2v) is 2.27. The zero-order valence-corrected chi connectivity index (χ0v) is 6.41. The molecule has 0 saturated heterocycles. The quantitative estimate of drug-likeness (QED) is 0.633. The Balaban J connectivity index is 2.76. The summed E-state index contributed by atoms with van der Waals surface area (Å²) < 4.78 is 0. The van der Waals surface area contributed by atoms with Crippen molar-refractivity contribution in [3.05, 3.63) is 23.5 Å². The lowest BCUT2D eigenvalue weighted by Gasteiger charge is -1.93. The molecule has 0 bridgehead atoms. The van der Waals surface area contributed by atoms with Gasteiger partial charge in [-0.3, -0.25) is 0 Å². The average molecular weight is 147 g/mol. The summed E-state index contributed by atoms with van der Waals surface area (Å²) in [7, 11) is 0. The molecule has 1 aromatic heterocycles. The van der Waals surface area contributed by atoms with Crippen molar-refractivity contribution >= 4 is 0 Å². The van der Waals surface area contributed by atoms with E-state index in [1.807, 2.05) is 12.1 Å². The average Bonchev–Trinajstić information content (AvgIpc) is 2.07. The highest BCUT2D eigenvalue weighted by molar-refractivity contribution is 5.18. The van der Waals surface area contributed by atoms with Crippen molar-refractivity contribution in [3.63, 3.8) is 0 Å². The van der Waals surface area contributed by atoms with Crippen molar-refractivity contribution in [2.75, 3.05) is 0 Å². The number of hydrogen-bond acceptors (Lipinski definition) is 3. The van der Waals surface area contributed by atoms with Crippen LogP contribution in [0.5, 0.6) is 0 Å². The Bertz CT molecular complexity index is 258. The highest BCUT2D eigenvalue weighted by Gasteiger charge is 1.94. The zero-order valence-electron chi connectivity index (χ0n) is 6.41. The molecule has 0 aliphatic heterocycles. The van der Waals surface area contributed by atoms with Crippen molar-refractivity contribution in [3.8, 4) is 6.07 Å². The fourth-order valence-electron chi connectivity index (χ4n) is 0.809. The van der Waals surface area contributed by atoms with Gasteiger partial charge in [0.15, 0.2) is 5.69 Å². The van der Waals surface area contributed by atoms with Crippen LogP contribution in [0.1, 0.15) is 24.7 Å². The first kappa shape index (κ1) is 7.67. The maximum absolute atomic E-state index is 8.41. The minimum absolute atomic E-state index is 0.379. The number of nitriles is 1. The molecule has 1 heterocycles. The molecule has 0 spiro atoms. The second kappa shape index (κ2) is 3.67. The fourth-order valence-corrected chi connectivity index (χ4v) is 0.809. The van der Waals surface area contributed by atoms with E-state index < -0.39 is 0 Å². The van der Waals surface area contributed by atoms with Crippen LogP contribution in [0.2, 0.25) is 0 Å². The van der Waals surface area contributed by atoms with Crippen LogP contribution in [0.4, 0.5) is 0 Å². The van der Waals surface area contributed by atoms with Crippen LogP contribution in [0.3, 0.4) is 0 Å². The van der Waals surface area contributed by atoms with Crippen molar-refractivity contribution in [2.45, 2.75) is 19.8 Å². The van der Waals surface area contributed by atoms with Crippen LogP contribution in [0.25, 0.3) is 0 Å². The van der Waals surface area contributed by atoms with Crippen molar-refractivity contribution in [1.29, 1.82) is 5.26 Å². The molecule has 0 radical (unpaired) electrons. The molecule has 0 aliphatic carbocycles. The van der Waals surface area contributed by atoms with E-state index in [2.05, 4.69) is 17.1 Å². The van der Waals surface area contributed by atoms with Crippen LogP contribution in [0, 0.1) is 11.3 Å². The largest absolute Gasteiger partial charge is 0.191 e. The molecule has 3 heteroatoms. The zero-order chi connectivity index (χ0) is 8.10. The van der Waals surface area contributed by atoms with E-state index in [1.165, 1.54) is 0 Å². The first-order valence-electron chi connectivity index (χ1n) is 3.59. The SMILES string of the molecule is CCCc1ccc(C#N)nn1. The van der Waals surface area contributed by atoms with Gasteiger partial charge < -0.3 is 0 Å². The predicted octanol–water partition coefficient (Wildman–Crippen LogP) is 1.30. The monoisotopic (exact) mass is 147 g/mol. The lowest BCUT2D eigenvalue weighted by Crippen LogP contribution is -1.93. The summed E-state index contributed by atoms with van der Waals surface area (Å²) in [4.78, 5) is 0. The van der Waals surface area contributed by atoms with E-state index >= 15 is 0 Å². The van der Waals surface area contributed by atoms with E-state index in [1.54, 1.807) is 6.07 Å². The molecule has 0 saturated carbocycles. The molecule has 0 unspecified atom stereocenters. The van der Waals surface area contributed by atoms with E-state index in [9.17, 15) is 0 Å². The van der Waals surface area contributed by atoms with Crippen LogP contribution in [-0.2, 0) is 6.42 Å². The third-order valence-electron chi connectivity index (χ3n) is 1.34. The van der Waals surface area contributed by atoms with Gasteiger partial charge in [-0.15, -0.1) is 5.10 Å².